The monoisotopic (exact) mass is 430 g/mol. The maximum atomic E-state index is 11.2. The lowest BCUT2D eigenvalue weighted by Crippen LogP contribution is -2.00. The highest BCUT2D eigenvalue weighted by Gasteiger charge is 2.10. The lowest BCUT2D eigenvalue weighted by atomic mass is 10.0. The first-order valence-electron chi connectivity index (χ1n) is 10.8. The molecule has 4 nitrogen and oxygen atoms in total. The molecule has 0 aliphatic heterocycles. The van der Waals surface area contributed by atoms with Crippen molar-refractivity contribution in [3.8, 4) is 26.9 Å². The molecular formula is C26H26N2O2S. The van der Waals surface area contributed by atoms with Crippen LogP contribution in [0.4, 0.5) is 0 Å². The molecule has 158 valence electrons. The van der Waals surface area contributed by atoms with Gasteiger partial charge in [-0.1, -0.05) is 80.0 Å². The highest BCUT2D eigenvalue weighted by molar-refractivity contribution is 7.17. The number of carbonyl (C=O) groups is 1. The first-order chi connectivity index (χ1) is 15.1. The quantitative estimate of drug-likeness (QED) is 0.170. The van der Waals surface area contributed by atoms with E-state index in [-0.39, 0.29) is 5.97 Å². The molecule has 5 heteroatoms. The summed E-state index contributed by atoms with van der Waals surface area (Å²) in [7, 11) is 0. The summed E-state index contributed by atoms with van der Waals surface area (Å²) < 4.78 is 5.17. The van der Waals surface area contributed by atoms with Gasteiger partial charge < -0.3 is 4.74 Å². The Balaban J connectivity index is 1.49. The summed E-state index contributed by atoms with van der Waals surface area (Å²) in [5.41, 5.74) is 3.52. The van der Waals surface area contributed by atoms with E-state index in [4.69, 9.17) is 4.74 Å². The van der Waals surface area contributed by atoms with E-state index in [2.05, 4.69) is 47.5 Å². The number of rotatable bonds is 8. The van der Waals surface area contributed by atoms with Gasteiger partial charge in [-0.05, 0) is 47.4 Å². The Bertz CT molecular complexity index is 1180. The number of benzene rings is 3. The third-order valence-electron chi connectivity index (χ3n) is 5.27. The Labute approximate surface area is 186 Å². The zero-order valence-electron chi connectivity index (χ0n) is 17.9. The number of aryl methyl sites for hydroxylation is 1. The van der Waals surface area contributed by atoms with E-state index >= 15 is 0 Å². The van der Waals surface area contributed by atoms with Crippen LogP contribution in [0.5, 0.6) is 5.75 Å². The normalized spacial score (nSPS) is 11.0. The van der Waals surface area contributed by atoms with Crippen molar-refractivity contribution in [2.45, 2.75) is 46.0 Å². The van der Waals surface area contributed by atoms with E-state index in [0.29, 0.717) is 5.75 Å². The maximum Gasteiger partial charge on any atom is 0.308 e. The van der Waals surface area contributed by atoms with E-state index in [1.54, 1.807) is 11.3 Å². The predicted octanol–water partition coefficient (Wildman–Crippen LogP) is 7.07. The van der Waals surface area contributed by atoms with Crippen molar-refractivity contribution in [2.24, 2.45) is 0 Å². The zero-order valence-corrected chi connectivity index (χ0v) is 18.7. The standard InChI is InChI=1S/C26H26N2O2S/c1-3-4-5-6-7-19-8-10-20(11-9-19)25-27-28-26(31-25)23-13-12-22-17-24(30-18(2)29)15-14-21(22)16-23/h8-17H,3-7H2,1-2H3. The summed E-state index contributed by atoms with van der Waals surface area (Å²) in [6.07, 6.45) is 6.27. The van der Waals surface area contributed by atoms with Gasteiger partial charge in [-0.25, -0.2) is 0 Å². The number of fused-ring (bicyclic) bond motifs is 1. The molecule has 0 bridgehead atoms. The first-order valence-corrected chi connectivity index (χ1v) is 11.6. The SMILES string of the molecule is CCCCCCc1ccc(-c2nnc(-c3ccc4cc(OC(C)=O)ccc4c3)s2)cc1. The molecule has 0 amide bonds. The van der Waals surface area contributed by atoms with Gasteiger partial charge in [0.05, 0.1) is 0 Å². The van der Waals surface area contributed by atoms with E-state index < -0.39 is 0 Å². The van der Waals surface area contributed by atoms with E-state index in [1.165, 1.54) is 38.2 Å². The molecule has 1 heterocycles. The van der Waals surface area contributed by atoms with Crippen molar-refractivity contribution < 1.29 is 9.53 Å². The number of aromatic nitrogens is 2. The number of nitrogens with zero attached hydrogens (tertiary/aromatic N) is 2. The minimum absolute atomic E-state index is 0.318. The van der Waals surface area contributed by atoms with Crippen LogP contribution in [0.2, 0.25) is 0 Å². The lowest BCUT2D eigenvalue weighted by Gasteiger charge is -2.04. The van der Waals surface area contributed by atoms with Crippen molar-refractivity contribution in [3.63, 3.8) is 0 Å². The average Bonchev–Trinajstić information content (AvgIpc) is 3.27. The van der Waals surface area contributed by atoms with Crippen LogP contribution in [0.15, 0.2) is 60.7 Å². The molecule has 1 aromatic heterocycles. The Hall–Kier alpha value is -3.05. The maximum absolute atomic E-state index is 11.2. The van der Waals surface area contributed by atoms with Crippen LogP contribution in [-0.4, -0.2) is 16.2 Å². The molecule has 0 aliphatic carbocycles. The largest absolute Gasteiger partial charge is 0.427 e. The molecule has 0 saturated heterocycles. The molecule has 4 aromatic rings. The molecule has 0 saturated carbocycles. The summed E-state index contributed by atoms with van der Waals surface area (Å²) in [4.78, 5) is 11.2. The first kappa shape index (κ1) is 21.2. The predicted molar refractivity (Wildman–Crippen MR) is 127 cm³/mol. The summed E-state index contributed by atoms with van der Waals surface area (Å²) in [5.74, 6) is 0.238. The summed E-state index contributed by atoms with van der Waals surface area (Å²) in [6.45, 7) is 3.64. The van der Waals surface area contributed by atoms with Crippen LogP contribution in [-0.2, 0) is 11.2 Å². The van der Waals surface area contributed by atoms with Gasteiger partial charge in [0.25, 0.3) is 0 Å². The number of hydrogen-bond acceptors (Lipinski definition) is 5. The summed E-state index contributed by atoms with van der Waals surface area (Å²) >= 11 is 1.60. The van der Waals surface area contributed by atoms with E-state index in [9.17, 15) is 4.79 Å². The second-order valence-corrected chi connectivity index (χ2v) is 8.71. The van der Waals surface area contributed by atoms with Crippen LogP contribution in [0.1, 0.15) is 45.1 Å². The highest BCUT2D eigenvalue weighted by atomic mass is 32.1. The van der Waals surface area contributed by atoms with Gasteiger partial charge in [-0.15, -0.1) is 10.2 Å². The molecule has 0 N–H and O–H groups in total. The second kappa shape index (κ2) is 9.84. The Morgan fingerprint density at radius 2 is 1.52 bits per heavy atom. The third kappa shape index (κ3) is 5.36. The third-order valence-corrected chi connectivity index (χ3v) is 6.29. The van der Waals surface area contributed by atoms with Gasteiger partial charge in [-0.3, -0.25) is 4.79 Å². The van der Waals surface area contributed by atoms with Crippen molar-refractivity contribution in [1.82, 2.24) is 10.2 Å². The number of carbonyl (C=O) groups excluding carboxylic acids is 1. The van der Waals surface area contributed by atoms with Gasteiger partial charge in [0.15, 0.2) is 0 Å². The molecule has 4 rings (SSSR count). The minimum Gasteiger partial charge on any atom is -0.427 e. The number of ether oxygens (including phenoxy) is 1. The van der Waals surface area contributed by atoms with Gasteiger partial charge >= 0.3 is 5.97 Å². The molecule has 0 spiro atoms. The Morgan fingerprint density at radius 3 is 2.26 bits per heavy atom. The molecule has 0 aliphatic rings. The molecule has 0 unspecified atom stereocenters. The van der Waals surface area contributed by atoms with Crippen molar-refractivity contribution in [2.75, 3.05) is 0 Å². The summed E-state index contributed by atoms with van der Waals surface area (Å²) in [6, 6.07) is 20.5. The molecule has 0 radical (unpaired) electrons. The molecular weight excluding hydrogens is 404 g/mol. The smallest absolute Gasteiger partial charge is 0.308 e. The van der Waals surface area contributed by atoms with Crippen LogP contribution in [0.3, 0.4) is 0 Å². The Kier molecular flexibility index (Phi) is 6.73. The average molecular weight is 431 g/mol. The fourth-order valence-electron chi connectivity index (χ4n) is 3.61. The topological polar surface area (TPSA) is 52.1 Å². The van der Waals surface area contributed by atoms with E-state index in [1.807, 2.05) is 30.3 Å². The number of hydrogen-bond donors (Lipinski definition) is 0. The number of unbranched alkanes of at least 4 members (excludes halogenated alkanes) is 3. The van der Waals surface area contributed by atoms with E-state index in [0.717, 1.165) is 38.3 Å². The zero-order chi connectivity index (χ0) is 21.6. The lowest BCUT2D eigenvalue weighted by molar-refractivity contribution is -0.131. The van der Waals surface area contributed by atoms with Crippen LogP contribution in [0, 0.1) is 0 Å². The second-order valence-electron chi connectivity index (χ2n) is 7.74. The molecule has 31 heavy (non-hydrogen) atoms. The molecule has 0 atom stereocenters. The van der Waals surface area contributed by atoms with Crippen LogP contribution in [0.25, 0.3) is 31.9 Å². The van der Waals surface area contributed by atoms with Crippen LogP contribution >= 0.6 is 11.3 Å². The fraction of sp³-hybridized carbons (Fsp3) is 0.269. The summed E-state index contributed by atoms with van der Waals surface area (Å²) in [5, 5.41) is 12.7. The van der Waals surface area contributed by atoms with Gasteiger partial charge in [-0.2, -0.15) is 0 Å². The molecule has 0 fully saturated rings. The van der Waals surface area contributed by atoms with Crippen LogP contribution < -0.4 is 4.74 Å². The highest BCUT2D eigenvalue weighted by Crippen LogP contribution is 2.32. The number of esters is 1. The minimum atomic E-state index is -0.318. The Morgan fingerprint density at radius 1 is 0.839 bits per heavy atom. The van der Waals surface area contributed by atoms with Crippen molar-refractivity contribution >= 4 is 28.1 Å². The van der Waals surface area contributed by atoms with Gasteiger partial charge in [0, 0.05) is 18.1 Å². The van der Waals surface area contributed by atoms with Gasteiger partial charge in [0.1, 0.15) is 15.8 Å². The van der Waals surface area contributed by atoms with Crippen molar-refractivity contribution in [1.29, 1.82) is 0 Å². The van der Waals surface area contributed by atoms with Crippen molar-refractivity contribution in [3.05, 3.63) is 66.2 Å². The molecule has 3 aromatic carbocycles. The fourth-order valence-corrected chi connectivity index (χ4v) is 4.46. The van der Waals surface area contributed by atoms with Gasteiger partial charge in [0.2, 0.25) is 0 Å².